The number of aromatic nitrogens is 2. The van der Waals surface area contributed by atoms with Crippen LogP contribution in [-0.4, -0.2) is 26.8 Å². The number of carboxylic acids is 1. The van der Waals surface area contributed by atoms with Crippen LogP contribution in [0.1, 0.15) is 42.4 Å². The quantitative estimate of drug-likeness (QED) is 0.276. The van der Waals surface area contributed by atoms with Crippen molar-refractivity contribution in [1.82, 2.24) is 15.5 Å². The van der Waals surface area contributed by atoms with Crippen molar-refractivity contribution in [3.63, 3.8) is 0 Å². The third-order valence-electron chi connectivity index (χ3n) is 7.14. The van der Waals surface area contributed by atoms with Crippen molar-refractivity contribution >= 4 is 5.97 Å². The zero-order valence-corrected chi connectivity index (χ0v) is 20.7. The molecule has 1 saturated carbocycles. The SMILES string of the molecule is Cc1ccccc1-c1ccc(-c2nc(-c3ccc(CNC4(C(=O)O)CCCC4)cc3)no2)cc1C(F)(F)F. The van der Waals surface area contributed by atoms with E-state index in [-0.39, 0.29) is 22.8 Å². The lowest BCUT2D eigenvalue weighted by atomic mass is 9.94. The Kier molecular flexibility index (Phi) is 6.79. The Morgan fingerprint density at radius 2 is 1.68 bits per heavy atom. The van der Waals surface area contributed by atoms with Crippen LogP contribution in [0, 0.1) is 6.92 Å². The number of benzene rings is 3. The van der Waals surface area contributed by atoms with E-state index in [2.05, 4.69) is 15.5 Å². The molecule has 38 heavy (non-hydrogen) atoms. The molecule has 0 atom stereocenters. The number of alkyl halides is 3. The largest absolute Gasteiger partial charge is 0.480 e. The molecule has 1 aromatic heterocycles. The van der Waals surface area contributed by atoms with Crippen LogP contribution >= 0.6 is 0 Å². The fraction of sp³-hybridized carbons (Fsp3) is 0.276. The smallest absolute Gasteiger partial charge is 0.417 e. The average molecular weight is 522 g/mol. The van der Waals surface area contributed by atoms with Gasteiger partial charge in [0.1, 0.15) is 5.54 Å². The minimum absolute atomic E-state index is 0.0165. The lowest BCUT2D eigenvalue weighted by molar-refractivity contribution is -0.144. The Balaban J connectivity index is 1.37. The van der Waals surface area contributed by atoms with Gasteiger partial charge in [-0.3, -0.25) is 10.1 Å². The van der Waals surface area contributed by atoms with Crippen molar-refractivity contribution in [3.8, 4) is 34.0 Å². The molecule has 2 N–H and O–H groups in total. The van der Waals surface area contributed by atoms with Crippen LogP contribution in [0.3, 0.4) is 0 Å². The number of nitrogens with zero attached hydrogens (tertiary/aromatic N) is 2. The molecule has 1 aliphatic carbocycles. The molecule has 0 bridgehead atoms. The first-order chi connectivity index (χ1) is 18.2. The maximum absolute atomic E-state index is 14.0. The molecule has 0 aliphatic heterocycles. The number of aliphatic carboxylic acids is 1. The van der Waals surface area contributed by atoms with Crippen molar-refractivity contribution < 1.29 is 27.6 Å². The normalized spacial score (nSPS) is 15.1. The van der Waals surface area contributed by atoms with Crippen molar-refractivity contribution in [2.75, 3.05) is 0 Å². The Labute approximate surface area is 217 Å². The van der Waals surface area contributed by atoms with Gasteiger partial charge in [0.15, 0.2) is 0 Å². The number of rotatable bonds is 7. The Hall–Kier alpha value is -3.98. The maximum Gasteiger partial charge on any atom is 0.417 e. The summed E-state index contributed by atoms with van der Waals surface area (Å²) in [6.45, 7) is 2.17. The van der Waals surface area contributed by atoms with Crippen LogP contribution in [0.25, 0.3) is 34.0 Å². The molecule has 1 heterocycles. The summed E-state index contributed by atoms with van der Waals surface area (Å²) in [7, 11) is 0. The molecule has 196 valence electrons. The van der Waals surface area contributed by atoms with Gasteiger partial charge in [0.2, 0.25) is 5.82 Å². The Morgan fingerprint density at radius 3 is 2.34 bits per heavy atom. The van der Waals surface area contributed by atoms with E-state index in [9.17, 15) is 23.1 Å². The van der Waals surface area contributed by atoms with Crippen LogP contribution in [0.15, 0.2) is 71.3 Å². The molecule has 0 radical (unpaired) electrons. The number of carboxylic acid groups (broad SMARTS) is 1. The van der Waals surface area contributed by atoms with E-state index in [0.717, 1.165) is 30.0 Å². The van der Waals surface area contributed by atoms with Gasteiger partial charge in [-0.15, -0.1) is 0 Å². The average Bonchev–Trinajstić information content (AvgIpc) is 3.59. The van der Waals surface area contributed by atoms with E-state index in [0.29, 0.717) is 30.5 Å². The molecule has 0 amide bonds. The summed E-state index contributed by atoms with van der Waals surface area (Å²) in [5.74, 6) is -0.599. The second-order valence-electron chi connectivity index (χ2n) is 9.64. The summed E-state index contributed by atoms with van der Waals surface area (Å²) in [6, 6.07) is 18.2. The third-order valence-corrected chi connectivity index (χ3v) is 7.14. The van der Waals surface area contributed by atoms with Gasteiger partial charge in [0, 0.05) is 17.7 Å². The molecule has 1 fully saturated rings. The van der Waals surface area contributed by atoms with Crippen molar-refractivity contribution in [1.29, 1.82) is 0 Å². The Morgan fingerprint density at radius 1 is 1.00 bits per heavy atom. The highest BCUT2D eigenvalue weighted by atomic mass is 19.4. The molecular weight excluding hydrogens is 495 g/mol. The standard InChI is InChI=1S/C29H26F3N3O3/c1-18-6-2-3-7-22(18)23-13-12-21(16-24(23)29(30,31)32)26-34-25(35-38-26)20-10-8-19(9-11-20)17-33-28(27(36)37)14-4-5-15-28/h2-3,6-13,16,33H,4-5,14-15,17H2,1H3,(H,36,37). The number of nitrogens with one attached hydrogen (secondary N) is 1. The molecule has 0 unspecified atom stereocenters. The van der Waals surface area contributed by atoms with Crippen molar-refractivity contribution in [3.05, 3.63) is 83.4 Å². The van der Waals surface area contributed by atoms with Gasteiger partial charge in [-0.2, -0.15) is 18.2 Å². The van der Waals surface area contributed by atoms with E-state index in [1.54, 1.807) is 49.4 Å². The first-order valence-corrected chi connectivity index (χ1v) is 12.4. The molecule has 3 aromatic carbocycles. The van der Waals surface area contributed by atoms with Gasteiger partial charge < -0.3 is 9.63 Å². The van der Waals surface area contributed by atoms with Gasteiger partial charge in [0.05, 0.1) is 5.56 Å². The van der Waals surface area contributed by atoms with Crippen LogP contribution in [-0.2, 0) is 17.5 Å². The molecule has 0 spiro atoms. The number of hydrogen-bond donors (Lipinski definition) is 2. The molecule has 9 heteroatoms. The molecule has 1 aliphatic rings. The van der Waals surface area contributed by atoms with Crippen LogP contribution in [0.2, 0.25) is 0 Å². The Bertz CT molecular complexity index is 1460. The first-order valence-electron chi connectivity index (χ1n) is 12.4. The number of hydrogen-bond acceptors (Lipinski definition) is 5. The van der Waals surface area contributed by atoms with E-state index in [1.165, 1.54) is 6.07 Å². The van der Waals surface area contributed by atoms with Crippen LogP contribution < -0.4 is 5.32 Å². The van der Waals surface area contributed by atoms with E-state index < -0.39 is 23.2 Å². The minimum Gasteiger partial charge on any atom is -0.480 e. The second kappa shape index (κ2) is 10.1. The molecule has 6 nitrogen and oxygen atoms in total. The first kappa shape index (κ1) is 25.7. The van der Waals surface area contributed by atoms with Crippen LogP contribution in [0.5, 0.6) is 0 Å². The number of halogens is 3. The summed E-state index contributed by atoms with van der Waals surface area (Å²) in [4.78, 5) is 16.1. The summed E-state index contributed by atoms with van der Waals surface area (Å²) in [5.41, 5.74) is 1.38. The van der Waals surface area contributed by atoms with Crippen LogP contribution in [0.4, 0.5) is 13.2 Å². The monoisotopic (exact) mass is 521 g/mol. The summed E-state index contributed by atoms with van der Waals surface area (Å²) in [6.07, 6.45) is -1.59. The topological polar surface area (TPSA) is 88.2 Å². The summed E-state index contributed by atoms with van der Waals surface area (Å²) < 4.78 is 47.3. The number of aryl methyl sites for hydroxylation is 1. The fourth-order valence-corrected chi connectivity index (χ4v) is 4.97. The van der Waals surface area contributed by atoms with Gasteiger partial charge in [0.25, 0.3) is 5.89 Å². The number of carbonyl (C=O) groups is 1. The molecule has 0 saturated heterocycles. The van der Waals surface area contributed by atoms with Crippen molar-refractivity contribution in [2.24, 2.45) is 0 Å². The summed E-state index contributed by atoms with van der Waals surface area (Å²) in [5, 5.41) is 16.8. The van der Waals surface area contributed by atoms with Crippen molar-refractivity contribution in [2.45, 2.75) is 50.9 Å². The van der Waals surface area contributed by atoms with E-state index >= 15 is 0 Å². The van der Waals surface area contributed by atoms with Gasteiger partial charge in [-0.05, 0) is 54.2 Å². The lowest BCUT2D eigenvalue weighted by Gasteiger charge is -2.25. The highest BCUT2D eigenvalue weighted by Crippen LogP contribution is 2.40. The lowest BCUT2D eigenvalue weighted by Crippen LogP contribution is -2.49. The molecule has 5 rings (SSSR count). The predicted octanol–water partition coefficient (Wildman–Crippen LogP) is 6.88. The third kappa shape index (κ3) is 5.06. The molecule has 4 aromatic rings. The second-order valence-corrected chi connectivity index (χ2v) is 9.64. The zero-order chi connectivity index (χ0) is 26.9. The zero-order valence-electron chi connectivity index (χ0n) is 20.7. The summed E-state index contributed by atoms with van der Waals surface area (Å²) >= 11 is 0. The maximum atomic E-state index is 14.0. The fourth-order valence-electron chi connectivity index (χ4n) is 4.97. The van der Waals surface area contributed by atoms with Gasteiger partial charge >= 0.3 is 12.1 Å². The van der Waals surface area contributed by atoms with E-state index in [1.807, 2.05) is 12.1 Å². The minimum atomic E-state index is -4.57. The van der Waals surface area contributed by atoms with Gasteiger partial charge in [-0.25, -0.2) is 0 Å². The highest BCUT2D eigenvalue weighted by Gasteiger charge is 2.40. The van der Waals surface area contributed by atoms with E-state index in [4.69, 9.17) is 4.52 Å². The highest BCUT2D eigenvalue weighted by molar-refractivity contribution is 5.79. The van der Waals surface area contributed by atoms with Gasteiger partial charge in [-0.1, -0.05) is 72.6 Å². The predicted molar refractivity (Wildman–Crippen MR) is 136 cm³/mol. The molecular formula is C29H26F3N3O3.